The minimum Gasteiger partial charge on any atom is -0.493 e. The zero-order valence-electron chi connectivity index (χ0n) is 16.3. The summed E-state index contributed by atoms with van der Waals surface area (Å²) in [5.74, 6) is 1.42. The van der Waals surface area contributed by atoms with Crippen LogP contribution in [-0.4, -0.2) is 38.6 Å². The van der Waals surface area contributed by atoms with E-state index >= 15 is 0 Å². The summed E-state index contributed by atoms with van der Waals surface area (Å²) >= 11 is 0. The Balaban J connectivity index is 1.92. The molecule has 0 saturated carbocycles. The van der Waals surface area contributed by atoms with E-state index in [9.17, 15) is 4.79 Å². The van der Waals surface area contributed by atoms with Gasteiger partial charge in [0.25, 0.3) is 0 Å². The van der Waals surface area contributed by atoms with Gasteiger partial charge in [-0.15, -0.1) is 0 Å². The molecular formula is C21H28N2O3. The summed E-state index contributed by atoms with van der Waals surface area (Å²) < 4.78 is 10.7. The maximum Gasteiger partial charge on any atom is 0.234 e. The van der Waals surface area contributed by atoms with Crippen LogP contribution in [0.5, 0.6) is 11.5 Å². The van der Waals surface area contributed by atoms with E-state index in [1.54, 1.807) is 14.2 Å². The van der Waals surface area contributed by atoms with Crippen LogP contribution < -0.4 is 14.8 Å². The first kappa shape index (κ1) is 19.8. The zero-order chi connectivity index (χ0) is 19.1. The Kier molecular flexibility index (Phi) is 7.04. The third-order valence-electron chi connectivity index (χ3n) is 4.43. The third-order valence-corrected chi connectivity index (χ3v) is 4.43. The molecule has 0 unspecified atom stereocenters. The van der Waals surface area contributed by atoms with Gasteiger partial charge in [0, 0.05) is 13.1 Å². The first-order valence-electron chi connectivity index (χ1n) is 8.65. The Morgan fingerprint density at radius 1 is 1.00 bits per heavy atom. The zero-order valence-corrected chi connectivity index (χ0v) is 16.3. The number of nitrogens with one attached hydrogen (secondary N) is 1. The van der Waals surface area contributed by atoms with Gasteiger partial charge in [-0.05, 0) is 55.3 Å². The Labute approximate surface area is 155 Å². The number of hydrogen-bond donors (Lipinski definition) is 1. The molecule has 0 atom stereocenters. The van der Waals surface area contributed by atoms with Crippen LogP contribution in [0.3, 0.4) is 0 Å². The van der Waals surface area contributed by atoms with E-state index in [4.69, 9.17) is 9.47 Å². The van der Waals surface area contributed by atoms with Gasteiger partial charge in [-0.3, -0.25) is 9.69 Å². The van der Waals surface area contributed by atoms with Crippen molar-refractivity contribution in [3.63, 3.8) is 0 Å². The number of hydrogen-bond acceptors (Lipinski definition) is 4. The topological polar surface area (TPSA) is 50.8 Å². The number of nitrogens with zero attached hydrogens (tertiary/aromatic N) is 1. The van der Waals surface area contributed by atoms with E-state index in [1.165, 1.54) is 5.56 Å². The lowest BCUT2D eigenvalue weighted by atomic mass is 10.1. The summed E-state index contributed by atoms with van der Waals surface area (Å²) in [5.41, 5.74) is 4.54. The van der Waals surface area contributed by atoms with Gasteiger partial charge in [0.1, 0.15) is 0 Å². The number of rotatable bonds is 8. The second kappa shape index (κ2) is 9.25. The van der Waals surface area contributed by atoms with Crippen LogP contribution in [0.25, 0.3) is 0 Å². The number of carbonyl (C=O) groups is 1. The number of ether oxygens (including phenoxy) is 2. The molecule has 2 aromatic rings. The molecule has 2 rings (SSSR count). The van der Waals surface area contributed by atoms with Crippen molar-refractivity contribution in [2.75, 3.05) is 27.8 Å². The second-order valence-electron chi connectivity index (χ2n) is 6.51. The van der Waals surface area contributed by atoms with Gasteiger partial charge >= 0.3 is 0 Å². The van der Waals surface area contributed by atoms with Crippen molar-refractivity contribution in [1.29, 1.82) is 0 Å². The van der Waals surface area contributed by atoms with Crippen LogP contribution in [-0.2, 0) is 17.9 Å². The highest BCUT2D eigenvalue weighted by molar-refractivity contribution is 5.78. The molecule has 26 heavy (non-hydrogen) atoms. The Morgan fingerprint density at radius 3 is 2.31 bits per heavy atom. The summed E-state index contributed by atoms with van der Waals surface area (Å²) in [7, 11) is 5.19. The second-order valence-corrected chi connectivity index (χ2v) is 6.51. The van der Waals surface area contributed by atoms with Crippen LogP contribution in [0.15, 0.2) is 36.4 Å². The lowest BCUT2D eigenvalue weighted by Gasteiger charge is -2.19. The third kappa shape index (κ3) is 5.23. The first-order valence-corrected chi connectivity index (χ1v) is 8.65. The van der Waals surface area contributed by atoms with E-state index in [-0.39, 0.29) is 5.91 Å². The maximum absolute atomic E-state index is 12.2. The monoisotopic (exact) mass is 356 g/mol. The van der Waals surface area contributed by atoms with E-state index in [0.29, 0.717) is 31.1 Å². The highest BCUT2D eigenvalue weighted by Crippen LogP contribution is 2.30. The summed E-state index contributed by atoms with van der Waals surface area (Å²) in [6.07, 6.45) is 0. The normalized spacial score (nSPS) is 10.7. The lowest BCUT2D eigenvalue weighted by Crippen LogP contribution is -2.34. The van der Waals surface area contributed by atoms with Crippen LogP contribution in [0.1, 0.15) is 22.3 Å². The molecule has 140 valence electrons. The van der Waals surface area contributed by atoms with Crippen molar-refractivity contribution in [3.05, 3.63) is 58.7 Å². The highest BCUT2D eigenvalue weighted by atomic mass is 16.5. The standard InChI is InChI=1S/C21H28N2O3/c1-15-8-6-7-9-17(15)12-22-21(24)14-23(3)13-18-11-20(26-5)19(25-4)10-16(18)2/h6-11H,12-14H2,1-5H3,(H,22,24). The molecule has 0 heterocycles. The molecule has 0 aliphatic heterocycles. The molecule has 1 amide bonds. The van der Waals surface area contributed by atoms with Gasteiger partial charge in [-0.25, -0.2) is 0 Å². The molecule has 5 heteroatoms. The van der Waals surface area contributed by atoms with Crippen LogP contribution in [0.2, 0.25) is 0 Å². The molecule has 0 fully saturated rings. The summed E-state index contributed by atoms with van der Waals surface area (Å²) in [6.45, 7) is 5.62. The van der Waals surface area contributed by atoms with E-state index in [0.717, 1.165) is 16.7 Å². The number of benzene rings is 2. The molecule has 0 bridgehead atoms. The van der Waals surface area contributed by atoms with Crippen molar-refractivity contribution < 1.29 is 14.3 Å². The molecule has 0 aromatic heterocycles. The Morgan fingerprint density at radius 2 is 1.65 bits per heavy atom. The molecule has 0 radical (unpaired) electrons. The Hall–Kier alpha value is -2.53. The van der Waals surface area contributed by atoms with E-state index in [1.807, 2.05) is 62.2 Å². The molecule has 1 N–H and O–H groups in total. The average Bonchev–Trinajstić information content (AvgIpc) is 2.62. The van der Waals surface area contributed by atoms with Gasteiger partial charge in [0.15, 0.2) is 11.5 Å². The number of amides is 1. The molecule has 0 spiro atoms. The van der Waals surface area contributed by atoms with Crippen molar-refractivity contribution in [1.82, 2.24) is 10.2 Å². The first-order chi connectivity index (χ1) is 12.4. The molecular weight excluding hydrogens is 328 g/mol. The van der Waals surface area contributed by atoms with Crippen molar-refractivity contribution in [2.24, 2.45) is 0 Å². The van der Waals surface area contributed by atoms with Crippen molar-refractivity contribution >= 4 is 5.91 Å². The van der Waals surface area contributed by atoms with E-state index in [2.05, 4.69) is 5.32 Å². The minimum atomic E-state index is 0.00822. The van der Waals surface area contributed by atoms with Crippen LogP contribution in [0.4, 0.5) is 0 Å². The maximum atomic E-state index is 12.2. The molecule has 0 aliphatic carbocycles. The van der Waals surface area contributed by atoms with Gasteiger partial charge in [-0.2, -0.15) is 0 Å². The number of aryl methyl sites for hydroxylation is 2. The van der Waals surface area contributed by atoms with E-state index < -0.39 is 0 Å². The average molecular weight is 356 g/mol. The van der Waals surface area contributed by atoms with Crippen molar-refractivity contribution in [2.45, 2.75) is 26.9 Å². The minimum absolute atomic E-state index is 0.00822. The fraction of sp³-hybridized carbons (Fsp3) is 0.381. The lowest BCUT2D eigenvalue weighted by molar-refractivity contribution is -0.122. The van der Waals surface area contributed by atoms with Crippen LogP contribution >= 0.6 is 0 Å². The van der Waals surface area contributed by atoms with Gasteiger partial charge in [0.2, 0.25) is 5.91 Å². The molecule has 2 aromatic carbocycles. The molecule has 0 aliphatic rings. The number of methoxy groups -OCH3 is 2. The van der Waals surface area contributed by atoms with Crippen molar-refractivity contribution in [3.8, 4) is 11.5 Å². The van der Waals surface area contributed by atoms with Gasteiger partial charge in [0.05, 0.1) is 20.8 Å². The fourth-order valence-corrected chi connectivity index (χ4v) is 2.84. The number of carbonyl (C=O) groups excluding carboxylic acids is 1. The van der Waals surface area contributed by atoms with Gasteiger partial charge < -0.3 is 14.8 Å². The predicted molar refractivity (Wildman–Crippen MR) is 104 cm³/mol. The predicted octanol–water partition coefficient (Wildman–Crippen LogP) is 3.07. The number of likely N-dealkylation sites (N-methyl/N-ethyl adjacent to an activating group) is 1. The smallest absolute Gasteiger partial charge is 0.234 e. The SMILES string of the molecule is COc1cc(C)c(CN(C)CC(=O)NCc2ccccc2C)cc1OC. The quantitative estimate of drug-likeness (QED) is 0.790. The Bertz CT molecular complexity index is 759. The fourth-order valence-electron chi connectivity index (χ4n) is 2.84. The summed E-state index contributed by atoms with van der Waals surface area (Å²) in [6, 6.07) is 12.0. The van der Waals surface area contributed by atoms with Crippen LogP contribution in [0, 0.1) is 13.8 Å². The molecule has 5 nitrogen and oxygen atoms in total. The summed E-state index contributed by atoms with van der Waals surface area (Å²) in [5, 5.41) is 2.99. The molecule has 0 saturated heterocycles. The summed E-state index contributed by atoms with van der Waals surface area (Å²) in [4.78, 5) is 14.2. The van der Waals surface area contributed by atoms with Gasteiger partial charge in [-0.1, -0.05) is 24.3 Å². The largest absolute Gasteiger partial charge is 0.493 e. The highest BCUT2D eigenvalue weighted by Gasteiger charge is 2.12.